The topological polar surface area (TPSA) is 63.4 Å². The molecule has 0 saturated carbocycles. The van der Waals surface area contributed by atoms with E-state index < -0.39 is 10.0 Å². The highest BCUT2D eigenvalue weighted by Gasteiger charge is 2.11. The van der Waals surface area contributed by atoms with Crippen LogP contribution in [0.25, 0.3) is 0 Å². The van der Waals surface area contributed by atoms with Gasteiger partial charge in [-0.25, -0.2) is 13.6 Å². The molecule has 0 fully saturated rings. The van der Waals surface area contributed by atoms with Crippen LogP contribution in [0.3, 0.4) is 0 Å². The largest absolute Gasteiger partial charge is 0.369 e. The number of nitrogens with zero attached hydrogens (tertiary/aromatic N) is 1. The van der Waals surface area contributed by atoms with Crippen molar-refractivity contribution in [2.24, 2.45) is 5.14 Å². The van der Waals surface area contributed by atoms with Crippen LogP contribution in [-0.2, 0) is 10.0 Å². The summed E-state index contributed by atoms with van der Waals surface area (Å²) in [5.41, 5.74) is 0.871. The predicted octanol–water partition coefficient (Wildman–Crippen LogP) is 2.01. The molecule has 1 rings (SSSR count). The van der Waals surface area contributed by atoms with Crippen molar-refractivity contribution in [2.45, 2.75) is 17.2 Å². The summed E-state index contributed by atoms with van der Waals surface area (Å²) in [7, 11) is -3.65. The van der Waals surface area contributed by atoms with Gasteiger partial charge in [-0.1, -0.05) is 0 Å². The fourth-order valence-corrected chi connectivity index (χ4v) is 2.46. The van der Waals surface area contributed by atoms with E-state index in [9.17, 15) is 8.42 Å². The molecule has 0 aliphatic rings. The van der Waals surface area contributed by atoms with E-state index in [1.165, 1.54) is 12.1 Å². The highest BCUT2D eigenvalue weighted by molar-refractivity contribution is 7.89. The van der Waals surface area contributed by atoms with Crippen LogP contribution in [-0.4, -0.2) is 32.8 Å². The van der Waals surface area contributed by atoms with E-state index in [1.54, 1.807) is 12.1 Å². The molecule has 0 bridgehead atoms. The smallest absolute Gasteiger partial charge is 0.238 e. The van der Waals surface area contributed by atoms with Crippen LogP contribution >= 0.6 is 23.2 Å². The second kappa shape index (κ2) is 6.61. The maximum atomic E-state index is 11.1. The Morgan fingerprint density at radius 3 is 2.28 bits per heavy atom. The lowest BCUT2D eigenvalue weighted by molar-refractivity contribution is 0.598. The highest BCUT2D eigenvalue weighted by atomic mass is 35.5. The van der Waals surface area contributed by atoms with Gasteiger partial charge in [0.15, 0.2) is 0 Å². The lowest BCUT2D eigenvalue weighted by atomic mass is 10.2. The molecular weight excluding hydrogens is 295 g/mol. The molecule has 0 aliphatic heterocycles. The minimum Gasteiger partial charge on any atom is -0.369 e. The SMILES string of the molecule is CC(Cl)CN(CCCl)c1ccc(S(N)(=O)=O)cc1. The van der Waals surface area contributed by atoms with Gasteiger partial charge < -0.3 is 4.90 Å². The monoisotopic (exact) mass is 310 g/mol. The average molecular weight is 311 g/mol. The molecule has 0 saturated heterocycles. The van der Waals surface area contributed by atoms with Crippen LogP contribution in [0.4, 0.5) is 5.69 Å². The molecule has 0 spiro atoms. The third kappa shape index (κ3) is 4.65. The molecule has 7 heteroatoms. The van der Waals surface area contributed by atoms with Crippen LogP contribution in [0.1, 0.15) is 6.92 Å². The highest BCUT2D eigenvalue weighted by Crippen LogP contribution is 2.18. The summed E-state index contributed by atoms with van der Waals surface area (Å²) < 4.78 is 22.3. The Kier molecular flexibility index (Phi) is 5.72. The minimum atomic E-state index is -3.65. The van der Waals surface area contributed by atoms with Crippen molar-refractivity contribution in [1.29, 1.82) is 0 Å². The first-order chi connectivity index (χ1) is 8.34. The Labute approximate surface area is 118 Å². The van der Waals surface area contributed by atoms with Gasteiger partial charge in [0.25, 0.3) is 0 Å². The van der Waals surface area contributed by atoms with E-state index >= 15 is 0 Å². The summed E-state index contributed by atoms with van der Waals surface area (Å²) in [5, 5.41) is 5.02. The molecule has 102 valence electrons. The number of halogens is 2. The number of hydrogen-bond donors (Lipinski definition) is 1. The molecule has 1 unspecified atom stereocenters. The molecule has 18 heavy (non-hydrogen) atoms. The Morgan fingerprint density at radius 1 is 1.33 bits per heavy atom. The zero-order valence-corrected chi connectivity index (χ0v) is 12.3. The van der Waals surface area contributed by atoms with Crippen molar-refractivity contribution in [3.8, 4) is 0 Å². The lowest BCUT2D eigenvalue weighted by Gasteiger charge is -2.25. The second-order valence-corrected chi connectivity index (χ2v) is 6.64. The summed E-state index contributed by atoms with van der Waals surface area (Å²) >= 11 is 11.7. The fourth-order valence-electron chi connectivity index (χ4n) is 1.58. The fraction of sp³-hybridized carbons (Fsp3) is 0.455. The van der Waals surface area contributed by atoms with Crippen LogP contribution < -0.4 is 10.0 Å². The van der Waals surface area contributed by atoms with Gasteiger partial charge in [0.1, 0.15) is 0 Å². The standard InChI is InChI=1S/C11H16Cl2N2O2S/c1-9(13)8-15(7-6-12)10-2-4-11(5-3-10)18(14,16)17/h2-5,9H,6-8H2,1H3,(H2,14,16,17). The van der Waals surface area contributed by atoms with Gasteiger partial charge in [-0.2, -0.15) is 0 Å². The van der Waals surface area contributed by atoms with Crippen LogP contribution in [0.2, 0.25) is 0 Å². The number of hydrogen-bond acceptors (Lipinski definition) is 3. The van der Waals surface area contributed by atoms with Crippen molar-refractivity contribution in [3.63, 3.8) is 0 Å². The van der Waals surface area contributed by atoms with Crippen molar-refractivity contribution in [1.82, 2.24) is 0 Å². The van der Waals surface area contributed by atoms with Gasteiger partial charge in [-0.3, -0.25) is 0 Å². The van der Waals surface area contributed by atoms with Gasteiger partial charge in [-0.15, -0.1) is 23.2 Å². The average Bonchev–Trinajstić information content (AvgIpc) is 2.27. The van der Waals surface area contributed by atoms with Gasteiger partial charge in [-0.05, 0) is 31.2 Å². The van der Waals surface area contributed by atoms with E-state index in [2.05, 4.69) is 0 Å². The van der Waals surface area contributed by atoms with Crippen molar-refractivity contribution < 1.29 is 8.42 Å². The number of nitrogens with two attached hydrogens (primary N) is 1. The zero-order chi connectivity index (χ0) is 13.8. The number of rotatable bonds is 6. The summed E-state index contributed by atoms with van der Waals surface area (Å²) in [6, 6.07) is 6.35. The maximum Gasteiger partial charge on any atom is 0.238 e. The number of sulfonamides is 1. The third-order valence-electron chi connectivity index (χ3n) is 2.36. The van der Waals surface area contributed by atoms with Gasteiger partial charge >= 0.3 is 0 Å². The number of anilines is 1. The summed E-state index contributed by atoms with van der Waals surface area (Å²) in [5.74, 6) is 0.473. The van der Waals surface area contributed by atoms with Gasteiger partial charge in [0.05, 0.1) is 4.90 Å². The maximum absolute atomic E-state index is 11.1. The van der Waals surface area contributed by atoms with E-state index in [0.29, 0.717) is 19.0 Å². The van der Waals surface area contributed by atoms with Gasteiger partial charge in [0.2, 0.25) is 10.0 Å². The normalized spacial score (nSPS) is 13.3. The number of alkyl halides is 2. The molecule has 1 aromatic rings. The molecule has 1 aromatic carbocycles. The number of primary sulfonamides is 1. The molecule has 0 aromatic heterocycles. The third-order valence-corrected chi connectivity index (χ3v) is 3.59. The Hall–Kier alpha value is -0.490. The molecule has 0 radical (unpaired) electrons. The molecule has 4 nitrogen and oxygen atoms in total. The Balaban J connectivity index is 2.93. The van der Waals surface area contributed by atoms with Crippen LogP contribution in [0, 0.1) is 0 Å². The molecule has 0 heterocycles. The van der Waals surface area contributed by atoms with E-state index in [-0.39, 0.29) is 10.3 Å². The molecule has 0 amide bonds. The summed E-state index contributed by atoms with van der Waals surface area (Å²) in [6.45, 7) is 3.18. The Morgan fingerprint density at radius 2 is 1.89 bits per heavy atom. The molecule has 0 aliphatic carbocycles. The predicted molar refractivity (Wildman–Crippen MR) is 76.1 cm³/mol. The summed E-state index contributed by atoms with van der Waals surface area (Å²) in [6.07, 6.45) is 0. The first-order valence-corrected chi connectivity index (χ1v) is 7.94. The van der Waals surface area contributed by atoms with Crippen molar-refractivity contribution in [2.75, 3.05) is 23.9 Å². The van der Waals surface area contributed by atoms with Crippen molar-refractivity contribution in [3.05, 3.63) is 24.3 Å². The summed E-state index contributed by atoms with van der Waals surface area (Å²) in [4.78, 5) is 2.09. The minimum absolute atomic E-state index is 0.0221. The molecule has 1 atom stereocenters. The van der Waals surface area contributed by atoms with Crippen molar-refractivity contribution >= 4 is 38.9 Å². The first-order valence-electron chi connectivity index (χ1n) is 5.42. The first kappa shape index (κ1) is 15.6. The van der Waals surface area contributed by atoms with Crippen LogP contribution in [0.5, 0.6) is 0 Å². The van der Waals surface area contributed by atoms with E-state index in [4.69, 9.17) is 28.3 Å². The zero-order valence-electron chi connectivity index (χ0n) is 10.0. The van der Waals surface area contributed by atoms with Crippen LogP contribution in [0.15, 0.2) is 29.2 Å². The lowest BCUT2D eigenvalue weighted by Crippen LogP contribution is -2.30. The number of benzene rings is 1. The second-order valence-electron chi connectivity index (χ2n) is 3.95. The quantitative estimate of drug-likeness (QED) is 0.817. The molecular formula is C11H16Cl2N2O2S. The van der Waals surface area contributed by atoms with E-state index in [1.807, 2.05) is 11.8 Å². The van der Waals surface area contributed by atoms with Gasteiger partial charge in [0, 0.05) is 30.0 Å². The van der Waals surface area contributed by atoms with E-state index in [0.717, 1.165) is 5.69 Å². The molecule has 2 N–H and O–H groups in total. The Bertz CT molecular complexity index is 474.